The van der Waals surface area contributed by atoms with Gasteiger partial charge in [0.1, 0.15) is 23.1 Å². The van der Waals surface area contributed by atoms with Gasteiger partial charge in [-0.1, -0.05) is 18.2 Å². The normalized spacial score (nSPS) is 17.1. The van der Waals surface area contributed by atoms with Crippen molar-refractivity contribution in [1.29, 1.82) is 0 Å². The van der Waals surface area contributed by atoms with Gasteiger partial charge in [-0.2, -0.15) is 4.72 Å². The molecule has 3 rings (SSSR count). The van der Waals surface area contributed by atoms with E-state index in [1.807, 2.05) is 24.3 Å². The Morgan fingerprint density at radius 1 is 1.24 bits per heavy atom. The highest BCUT2D eigenvalue weighted by Gasteiger charge is 2.29. The minimum absolute atomic E-state index is 0.122. The third-order valence-electron chi connectivity index (χ3n) is 3.29. The number of rotatable bonds is 4. The van der Waals surface area contributed by atoms with Gasteiger partial charge in [0.2, 0.25) is 10.0 Å². The molecule has 0 fully saturated rings. The van der Waals surface area contributed by atoms with E-state index in [1.165, 1.54) is 6.07 Å². The summed E-state index contributed by atoms with van der Waals surface area (Å²) in [5.74, 6) is 1.03. The highest BCUT2D eigenvalue weighted by Crippen LogP contribution is 2.33. The highest BCUT2D eigenvalue weighted by atomic mass is 32.2. The third kappa shape index (κ3) is 2.57. The number of para-hydroxylation sites is 1. The average Bonchev–Trinajstić information content (AvgIpc) is 2.90. The van der Waals surface area contributed by atoms with Crippen molar-refractivity contribution in [3.05, 3.63) is 48.2 Å². The van der Waals surface area contributed by atoms with Gasteiger partial charge in [-0.25, -0.2) is 13.4 Å². The second kappa shape index (κ2) is 5.34. The van der Waals surface area contributed by atoms with Crippen LogP contribution in [0.4, 0.5) is 5.82 Å². The van der Waals surface area contributed by atoms with Gasteiger partial charge in [-0.3, -0.25) is 0 Å². The van der Waals surface area contributed by atoms with E-state index >= 15 is 0 Å². The number of nitrogens with zero attached hydrogens (tertiary/aromatic N) is 1. The number of fused-ring (bicyclic) bond motifs is 1. The van der Waals surface area contributed by atoms with Gasteiger partial charge in [-0.05, 0) is 18.2 Å². The van der Waals surface area contributed by atoms with Gasteiger partial charge in [0.15, 0.2) is 0 Å². The summed E-state index contributed by atoms with van der Waals surface area (Å²) in [4.78, 5) is 4.14. The lowest BCUT2D eigenvalue weighted by Crippen LogP contribution is -2.30. The van der Waals surface area contributed by atoms with Crippen LogP contribution in [0.5, 0.6) is 5.75 Å². The number of hydrogen-bond acceptors (Lipinski definition) is 5. The Kier molecular flexibility index (Phi) is 3.52. The lowest BCUT2D eigenvalue weighted by atomic mass is 10.1. The molecule has 1 aliphatic heterocycles. The number of ether oxygens (including phenoxy) is 1. The Labute approximate surface area is 123 Å². The maximum absolute atomic E-state index is 12.5. The number of hydrogen-bond donors (Lipinski definition) is 2. The summed E-state index contributed by atoms with van der Waals surface area (Å²) < 4.78 is 33.2. The largest absolute Gasteiger partial charge is 0.491 e. The fraction of sp³-hybridized carbons (Fsp3) is 0.214. The molecule has 1 aromatic carbocycles. The summed E-state index contributed by atoms with van der Waals surface area (Å²) in [6, 6.07) is 10.1. The summed E-state index contributed by atoms with van der Waals surface area (Å²) in [5, 5.41) is 2.78. The lowest BCUT2D eigenvalue weighted by molar-refractivity contribution is 0.325. The fourth-order valence-electron chi connectivity index (χ4n) is 2.31. The molecule has 1 aliphatic rings. The molecule has 0 bridgehead atoms. The molecule has 0 radical (unpaired) electrons. The molecular weight excluding hydrogens is 290 g/mol. The molecule has 2 N–H and O–H groups in total. The molecule has 1 unspecified atom stereocenters. The molecule has 0 saturated heterocycles. The van der Waals surface area contributed by atoms with Crippen LogP contribution in [-0.2, 0) is 10.0 Å². The summed E-state index contributed by atoms with van der Waals surface area (Å²) in [6.07, 6.45) is 1.54. The minimum Gasteiger partial charge on any atom is -0.491 e. The van der Waals surface area contributed by atoms with E-state index in [4.69, 9.17) is 4.74 Å². The first-order valence-electron chi connectivity index (χ1n) is 6.48. The van der Waals surface area contributed by atoms with Crippen molar-refractivity contribution in [2.24, 2.45) is 0 Å². The van der Waals surface area contributed by atoms with Gasteiger partial charge in [0, 0.05) is 18.8 Å². The Balaban J connectivity index is 1.91. The van der Waals surface area contributed by atoms with E-state index in [0.717, 1.165) is 5.56 Å². The summed E-state index contributed by atoms with van der Waals surface area (Å²) in [7, 11) is -2.05. The van der Waals surface area contributed by atoms with Gasteiger partial charge >= 0.3 is 0 Å². The van der Waals surface area contributed by atoms with Crippen molar-refractivity contribution >= 4 is 15.8 Å². The number of nitrogens with one attached hydrogen (secondary N) is 2. The van der Waals surface area contributed by atoms with Crippen LogP contribution in [0.3, 0.4) is 0 Å². The molecule has 0 saturated carbocycles. The van der Waals surface area contributed by atoms with E-state index in [-0.39, 0.29) is 11.5 Å². The van der Waals surface area contributed by atoms with Crippen LogP contribution in [-0.4, -0.2) is 27.1 Å². The van der Waals surface area contributed by atoms with E-state index in [9.17, 15) is 8.42 Å². The summed E-state index contributed by atoms with van der Waals surface area (Å²) >= 11 is 0. The Bertz CT molecular complexity index is 762. The second-order valence-corrected chi connectivity index (χ2v) is 6.31. The monoisotopic (exact) mass is 305 g/mol. The van der Waals surface area contributed by atoms with Gasteiger partial charge in [0.25, 0.3) is 0 Å². The SMILES string of the molecule is CNc1ncccc1S(=O)(=O)NC1COc2ccccc21. The third-order valence-corrected chi connectivity index (χ3v) is 4.80. The molecule has 7 heteroatoms. The van der Waals surface area contributed by atoms with Crippen molar-refractivity contribution < 1.29 is 13.2 Å². The fourth-order valence-corrected chi connectivity index (χ4v) is 3.67. The molecule has 2 aromatic rings. The van der Waals surface area contributed by atoms with E-state index in [0.29, 0.717) is 11.6 Å². The first kappa shape index (κ1) is 13.8. The molecule has 6 nitrogen and oxygen atoms in total. The van der Waals surface area contributed by atoms with E-state index < -0.39 is 16.1 Å². The van der Waals surface area contributed by atoms with Crippen LogP contribution >= 0.6 is 0 Å². The van der Waals surface area contributed by atoms with Crippen LogP contribution < -0.4 is 14.8 Å². The molecule has 21 heavy (non-hydrogen) atoms. The zero-order valence-corrected chi connectivity index (χ0v) is 12.2. The van der Waals surface area contributed by atoms with Crippen molar-refractivity contribution in [3.63, 3.8) is 0 Å². The Morgan fingerprint density at radius 2 is 2.05 bits per heavy atom. The van der Waals surface area contributed by atoms with Crippen molar-refractivity contribution in [1.82, 2.24) is 9.71 Å². The van der Waals surface area contributed by atoms with Crippen LogP contribution in [0.1, 0.15) is 11.6 Å². The lowest BCUT2D eigenvalue weighted by Gasteiger charge is -2.14. The van der Waals surface area contributed by atoms with Crippen molar-refractivity contribution in [2.45, 2.75) is 10.9 Å². The smallest absolute Gasteiger partial charge is 0.244 e. The first-order valence-corrected chi connectivity index (χ1v) is 7.97. The summed E-state index contributed by atoms with van der Waals surface area (Å²) in [6.45, 7) is 0.285. The molecule has 0 spiro atoms. The standard InChI is InChI=1S/C14H15N3O3S/c1-15-14-13(7-4-8-16-14)21(18,19)17-11-9-20-12-6-3-2-5-10(11)12/h2-8,11,17H,9H2,1H3,(H,15,16). The maximum Gasteiger partial charge on any atom is 0.244 e. The van der Waals surface area contributed by atoms with Crippen LogP contribution in [0.2, 0.25) is 0 Å². The van der Waals surface area contributed by atoms with Crippen LogP contribution in [0.15, 0.2) is 47.5 Å². The Morgan fingerprint density at radius 3 is 2.86 bits per heavy atom. The van der Waals surface area contributed by atoms with E-state index in [1.54, 1.807) is 19.3 Å². The Hall–Kier alpha value is -2.12. The molecule has 2 heterocycles. The number of benzene rings is 1. The molecule has 0 amide bonds. The zero-order chi connectivity index (χ0) is 14.9. The molecule has 0 aliphatic carbocycles. The van der Waals surface area contributed by atoms with E-state index in [2.05, 4.69) is 15.0 Å². The van der Waals surface area contributed by atoms with Gasteiger partial charge in [0.05, 0.1) is 6.04 Å². The van der Waals surface area contributed by atoms with Gasteiger partial charge < -0.3 is 10.1 Å². The quantitative estimate of drug-likeness (QED) is 0.895. The van der Waals surface area contributed by atoms with Gasteiger partial charge in [-0.15, -0.1) is 0 Å². The predicted octanol–water partition coefficient (Wildman–Crippen LogP) is 1.54. The van der Waals surface area contributed by atoms with Crippen molar-refractivity contribution in [2.75, 3.05) is 19.0 Å². The van der Waals surface area contributed by atoms with Crippen molar-refractivity contribution in [3.8, 4) is 5.75 Å². The molecular formula is C14H15N3O3S. The molecule has 110 valence electrons. The molecule has 1 atom stereocenters. The highest BCUT2D eigenvalue weighted by molar-refractivity contribution is 7.89. The summed E-state index contributed by atoms with van der Waals surface area (Å²) in [5.41, 5.74) is 0.843. The topological polar surface area (TPSA) is 80.3 Å². The van der Waals surface area contributed by atoms with Crippen LogP contribution in [0.25, 0.3) is 0 Å². The minimum atomic E-state index is -3.68. The number of pyridine rings is 1. The first-order chi connectivity index (χ1) is 10.1. The average molecular weight is 305 g/mol. The zero-order valence-electron chi connectivity index (χ0n) is 11.4. The molecule has 1 aromatic heterocycles. The number of aromatic nitrogens is 1. The second-order valence-electron chi connectivity index (χ2n) is 4.62. The predicted molar refractivity (Wildman–Crippen MR) is 78.8 cm³/mol. The number of anilines is 1. The number of sulfonamides is 1. The van der Waals surface area contributed by atoms with Crippen LogP contribution in [0, 0.1) is 0 Å². The maximum atomic E-state index is 12.5.